The molecule has 7 nitrogen and oxygen atoms in total. The van der Waals surface area contributed by atoms with Gasteiger partial charge in [-0.3, -0.25) is 14.0 Å². The number of hydrogen-bond acceptors (Lipinski definition) is 4. The number of fused-ring (bicyclic) bond motifs is 1. The Bertz CT molecular complexity index is 1140. The Hall–Kier alpha value is -3.43. The molecule has 3 aromatic rings. The molecule has 4 rings (SSSR count). The zero-order chi connectivity index (χ0) is 22.2. The summed E-state index contributed by atoms with van der Waals surface area (Å²) in [5.41, 5.74) is 0.356. The van der Waals surface area contributed by atoms with Gasteiger partial charge in [0.25, 0.3) is 5.91 Å². The number of alkyl halides is 3. The Morgan fingerprint density at radius 3 is 2.74 bits per heavy atom. The summed E-state index contributed by atoms with van der Waals surface area (Å²) in [5, 5.41) is 10.7. The summed E-state index contributed by atoms with van der Waals surface area (Å²) in [4.78, 5) is 26.6. The maximum Gasteiger partial charge on any atom is 0.416 e. The van der Waals surface area contributed by atoms with Crippen molar-refractivity contribution in [3.63, 3.8) is 0 Å². The Kier molecular flexibility index (Phi) is 5.38. The van der Waals surface area contributed by atoms with Crippen LogP contribution in [-0.4, -0.2) is 44.4 Å². The zero-order valence-electron chi connectivity index (χ0n) is 16.7. The van der Waals surface area contributed by atoms with Crippen molar-refractivity contribution >= 4 is 17.5 Å². The second-order valence-electron chi connectivity index (χ2n) is 7.49. The van der Waals surface area contributed by atoms with E-state index in [9.17, 15) is 22.8 Å². The highest BCUT2D eigenvalue weighted by molar-refractivity contribution is 5.94. The average Bonchev–Trinajstić information content (AvgIpc) is 3.32. The molecule has 1 fully saturated rings. The first-order valence-corrected chi connectivity index (χ1v) is 9.79. The van der Waals surface area contributed by atoms with Crippen LogP contribution in [0.25, 0.3) is 5.65 Å². The van der Waals surface area contributed by atoms with Crippen molar-refractivity contribution in [1.29, 1.82) is 0 Å². The molecule has 0 saturated carbocycles. The summed E-state index contributed by atoms with van der Waals surface area (Å²) in [6.45, 7) is 2.35. The minimum atomic E-state index is -4.51. The topological polar surface area (TPSA) is 79.6 Å². The normalized spacial score (nSPS) is 15.5. The number of carbonyl (C=O) groups excluding carboxylic acids is 2. The van der Waals surface area contributed by atoms with E-state index < -0.39 is 23.7 Å². The smallest absolute Gasteiger partial charge is 0.343 e. The van der Waals surface area contributed by atoms with Gasteiger partial charge in [0.2, 0.25) is 5.91 Å². The third-order valence-electron chi connectivity index (χ3n) is 5.33. The van der Waals surface area contributed by atoms with Gasteiger partial charge >= 0.3 is 6.18 Å². The SMILES string of the molecule is Cc1nnc2ccc(C(=O)NC(CN3CCCC3=O)c3cccc(C(F)(F)F)c3)cn12. The summed E-state index contributed by atoms with van der Waals surface area (Å²) in [7, 11) is 0. The van der Waals surface area contributed by atoms with Crippen LogP contribution in [-0.2, 0) is 11.0 Å². The molecule has 10 heteroatoms. The Morgan fingerprint density at radius 2 is 2.03 bits per heavy atom. The van der Waals surface area contributed by atoms with Gasteiger partial charge in [-0.25, -0.2) is 0 Å². The number of halogens is 3. The average molecular weight is 431 g/mol. The van der Waals surface area contributed by atoms with Gasteiger partial charge in [0.05, 0.1) is 17.2 Å². The second-order valence-corrected chi connectivity index (χ2v) is 7.49. The Balaban J connectivity index is 1.64. The van der Waals surface area contributed by atoms with Gasteiger partial charge in [-0.05, 0) is 43.2 Å². The zero-order valence-corrected chi connectivity index (χ0v) is 16.7. The van der Waals surface area contributed by atoms with Crippen LogP contribution in [0.4, 0.5) is 13.2 Å². The lowest BCUT2D eigenvalue weighted by Crippen LogP contribution is -2.38. The summed E-state index contributed by atoms with van der Waals surface area (Å²) < 4.78 is 41.3. The van der Waals surface area contributed by atoms with Gasteiger partial charge in [0.1, 0.15) is 5.82 Å². The van der Waals surface area contributed by atoms with Crippen LogP contribution in [0, 0.1) is 6.92 Å². The summed E-state index contributed by atoms with van der Waals surface area (Å²) >= 11 is 0. The lowest BCUT2D eigenvalue weighted by atomic mass is 10.0. The van der Waals surface area contributed by atoms with Gasteiger partial charge in [-0.2, -0.15) is 13.2 Å². The first-order valence-electron chi connectivity index (χ1n) is 9.79. The number of nitrogens with one attached hydrogen (secondary N) is 1. The number of aryl methyl sites for hydroxylation is 1. The lowest BCUT2D eigenvalue weighted by Gasteiger charge is -2.26. The molecule has 1 aromatic carbocycles. The Morgan fingerprint density at radius 1 is 1.23 bits per heavy atom. The van der Waals surface area contributed by atoms with E-state index in [-0.39, 0.29) is 18.0 Å². The van der Waals surface area contributed by atoms with Crippen molar-refractivity contribution in [2.24, 2.45) is 0 Å². The highest BCUT2D eigenvalue weighted by Gasteiger charge is 2.32. The summed E-state index contributed by atoms with van der Waals surface area (Å²) in [5.74, 6) is 0.0542. The maximum atomic E-state index is 13.2. The number of amides is 2. The fourth-order valence-corrected chi connectivity index (χ4v) is 3.66. The van der Waals surface area contributed by atoms with E-state index in [1.54, 1.807) is 34.6 Å². The molecule has 1 N–H and O–H groups in total. The number of carbonyl (C=O) groups is 2. The largest absolute Gasteiger partial charge is 0.416 e. The predicted octanol–water partition coefficient (Wildman–Crippen LogP) is 3.15. The van der Waals surface area contributed by atoms with Gasteiger partial charge in [-0.15, -0.1) is 10.2 Å². The molecule has 1 aliphatic rings. The van der Waals surface area contributed by atoms with Crippen LogP contribution >= 0.6 is 0 Å². The van der Waals surface area contributed by atoms with Crippen molar-refractivity contribution in [2.45, 2.75) is 32.0 Å². The van der Waals surface area contributed by atoms with Gasteiger partial charge < -0.3 is 10.2 Å². The first-order chi connectivity index (χ1) is 14.7. The Labute approximate surface area is 175 Å². The van der Waals surface area contributed by atoms with E-state index in [1.807, 2.05) is 0 Å². The molecule has 1 atom stereocenters. The number of likely N-dealkylation sites (tertiary alicyclic amines) is 1. The quantitative estimate of drug-likeness (QED) is 0.673. The number of benzene rings is 1. The molecule has 3 heterocycles. The van der Waals surface area contributed by atoms with Crippen LogP contribution < -0.4 is 5.32 Å². The molecule has 2 amide bonds. The number of pyridine rings is 1. The van der Waals surface area contributed by atoms with Crippen LogP contribution in [0.15, 0.2) is 42.6 Å². The molecule has 0 bridgehead atoms. The molecule has 0 aliphatic carbocycles. The molecule has 2 aromatic heterocycles. The molecular formula is C21H20F3N5O2. The first kappa shape index (κ1) is 20.8. The van der Waals surface area contributed by atoms with E-state index in [1.165, 1.54) is 12.1 Å². The van der Waals surface area contributed by atoms with E-state index in [0.29, 0.717) is 36.4 Å². The van der Waals surface area contributed by atoms with E-state index in [4.69, 9.17) is 0 Å². The molecule has 31 heavy (non-hydrogen) atoms. The van der Waals surface area contributed by atoms with Crippen LogP contribution in [0.3, 0.4) is 0 Å². The monoisotopic (exact) mass is 431 g/mol. The number of rotatable bonds is 5. The van der Waals surface area contributed by atoms with Crippen molar-refractivity contribution < 1.29 is 22.8 Å². The van der Waals surface area contributed by atoms with Gasteiger partial charge in [-0.1, -0.05) is 12.1 Å². The van der Waals surface area contributed by atoms with E-state index >= 15 is 0 Å². The highest BCUT2D eigenvalue weighted by Crippen LogP contribution is 2.31. The minimum absolute atomic E-state index is 0.0761. The van der Waals surface area contributed by atoms with Gasteiger partial charge in [0.15, 0.2) is 5.65 Å². The minimum Gasteiger partial charge on any atom is -0.343 e. The number of hydrogen-bond donors (Lipinski definition) is 1. The standard InChI is InChI=1S/C21H20F3N5O2/c1-13-26-27-18-8-7-15(11-29(13)18)20(31)25-17(12-28-9-3-6-19(28)30)14-4-2-5-16(10-14)21(22,23)24/h2,4-5,7-8,10-11,17H,3,6,9,12H2,1H3,(H,25,31). The van der Waals surface area contributed by atoms with Crippen molar-refractivity contribution in [2.75, 3.05) is 13.1 Å². The fraction of sp³-hybridized carbons (Fsp3) is 0.333. The van der Waals surface area contributed by atoms with Crippen molar-refractivity contribution in [3.05, 3.63) is 65.1 Å². The highest BCUT2D eigenvalue weighted by atomic mass is 19.4. The predicted molar refractivity (Wildman–Crippen MR) is 105 cm³/mol. The van der Waals surface area contributed by atoms with E-state index in [0.717, 1.165) is 12.1 Å². The molecule has 1 unspecified atom stereocenters. The molecule has 162 valence electrons. The molecular weight excluding hydrogens is 411 g/mol. The molecule has 0 radical (unpaired) electrons. The molecule has 0 spiro atoms. The van der Waals surface area contributed by atoms with Crippen molar-refractivity contribution in [3.8, 4) is 0 Å². The van der Waals surface area contributed by atoms with Gasteiger partial charge in [0, 0.05) is 25.7 Å². The third kappa shape index (κ3) is 4.37. The summed E-state index contributed by atoms with van der Waals surface area (Å²) in [6.07, 6.45) is -1.85. The lowest BCUT2D eigenvalue weighted by molar-refractivity contribution is -0.137. The maximum absolute atomic E-state index is 13.2. The number of nitrogens with zero attached hydrogens (tertiary/aromatic N) is 4. The summed E-state index contributed by atoms with van der Waals surface area (Å²) in [6, 6.07) is 7.23. The number of aromatic nitrogens is 3. The van der Waals surface area contributed by atoms with E-state index in [2.05, 4.69) is 15.5 Å². The second kappa shape index (κ2) is 8.01. The third-order valence-corrected chi connectivity index (χ3v) is 5.33. The fourth-order valence-electron chi connectivity index (χ4n) is 3.66. The molecule has 1 saturated heterocycles. The van der Waals surface area contributed by atoms with Crippen LogP contribution in [0.2, 0.25) is 0 Å². The molecule has 1 aliphatic heterocycles. The van der Waals surface area contributed by atoms with Crippen molar-refractivity contribution in [1.82, 2.24) is 24.8 Å². The van der Waals surface area contributed by atoms with Crippen LogP contribution in [0.1, 0.15) is 46.2 Å². The van der Waals surface area contributed by atoms with Crippen LogP contribution in [0.5, 0.6) is 0 Å².